The first kappa shape index (κ1) is 9.34. The Morgan fingerprint density at radius 3 is 2.73 bits per heavy atom. The summed E-state index contributed by atoms with van der Waals surface area (Å²) in [6.07, 6.45) is 1.31. The van der Waals surface area contributed by atoms with Crippen molar-refractivity contribution in [1.82, 2.24) is 4.98 Å². The Kier molecular flexibility index (Phi) is 1.90. The van der Waals surface area contributed by atoms with Crippen molar-refractivity contribution < 1.29 is 0 Å². The first-order valence-electron chi connectivity index (χ1n) is 5.42. The number of rotatable bonds is 1. The number of benzene rings is 1. The number of nitrogens with one attached hydrogen (secondary N) is 1. The van der Waals surface area contributed by atoms with Crippen molar-refractivity contribution in [2.45, 2.75) is 25.0 Å². The van der Waals surface area contributed by atoms with Crippen LogP contribution in [0, 0.1) is 6.92 Å². The first-order valence-corrected chi connectivity index (χ1v) is 6.41. The van der Waals surface area contributed by atoms with Crippen LogP contribution < -0.4 is 0 Å². The average Bonchev–Trinajstić information content (AvgIpc) is 2.51. The van der Waals surface area contributed by atoms with Crippen LogP contribution in [-0.2, 0) is 4.75 Å². The minimum absolute atomic E-state index is 0.351. The molecule has 1 unspecified atom stereocenters. The van der Waals surface area contributed by atoms with Gasteiger partial charge in [0, 0.05) is 21.3 Å². The third-order valence-corrected chi connectivity index (χ3v) is 4.88. The van der Waals surface area contributed by atoms with Crippen molar-refractivity contribution in [2.75, 3.05) is 5.75 Å². The van der Waals surface area contributed by atoms with Crippen molar-refractivity contribution in [2.24, 2.45) is 0 Å². The highest BCUT2D eigenvalue weighted by Gasteiger charge is 2.37. The number of aromatic nitrogens is 1. The van der Waals surface area contributed by atoms with Crippen molar-refractivity contribution in [3.8, 4) is 0 Å². The lowest BCUT2D eigenvalue weighted by Gasteiger charge is -2.38. The molecule has 15 heavy (non-hydrogen) atoms. The Hall–Kier alpha value is -0.890. The fraction of sp³-hybridized carbons (Fsp3) is 0.385. The normalized spacial score (nSPS) is 25.5. The summed E-state index contributed by atoms with van der Waals surface area (Å²) in [5.41, 5.74) is 4.14. The Morgan fingerprint density at radius 1 is 1.33 bits per heavy atom. The topological polar surface area (TPSA) is 15.8 Å². The molecule has 0 saturated carbocycles. The van der Waals surface area contributed by atoms with E-state index in [2.05, 4.69) is 54.9 Å². The highest BCUT2D eigenvalue weighted by Crippen LogP contribution is 2.51. The maximum atomic E-state index is 3.49. The van der Waals surface area contributed by atoms with Gasteiger partial charge in [-0.15, -0.1) is 0 Å². The van der Waals surface area contributed by atoms with E-state index >= 15 is 0 Å². The molecule has 2 heteroatoms. The molecule has 1 aliphatic heterocycles. The summed E-state index contributed by atoms with van der Waals surface area (Å²) in [6, 6.07) is 8.63. The molecule has 1 saturated heterocycles. The fourth-order valence-corrected chi connectivity index (χ4v) is 3.79. The minimum atomic E-state index is 0.351. The lowest BCUT2D eigenvalue weighted by molar-refractivity contribution is 0.627. The average molecular weight is 217 g/mol. The number of hydrogen-bond donors (Lipinski definition) is 1. The van der Waals surface area contributed by atoms with Gasteiger partial charge in [0.2, 0.25) is 0 Å². The van der Waals surface area contributed by atoms with Crippen LogP contribution >= 0.6 is 11.8 Å². The summed E-state index contributed by atoms with van der Waals surface area (Å²) < 4.78 is 0.351. The van der Waals surface area contributed by atoms with Gasteiger partial charge in [-0.1, -0.05) is 18.2 Å². The van der Waals surface area contributed by atoms with Gasteiger partial charge in [0.15, 0.2) is 0 Å². The summed E-state index contributed by atoms with van der Waals surface area (Å²) in [5, 5.41) is 1.41. The number of aryl methyl sites for hydroxylation is 1. The summed E-state index contributed by atoms with van der Waals surface area (Å²) in [4.78, 5) is 3.49. The highest BCUT2D eigenvalue weighted by molar-refractivity contribution is 8.01. The van der Waals surface area contributed by atoms with Crippen molar-refractivity contribution in [1.29, 1.82) is 0 Å². The summed E-state index contributed by atoms with van der Waals surface area (Å²) in [7, 11) is 0. The van der Waals surface area contributed by atoms with Crippen LogP contribution in [0.3, 0.4) is 0 Å². The van der Waals surface area contributed by atoms with Crippen LogP contribution in [0.15, 0.2) is 24.3 Å². The molecule has 1 N–H and O–H groups in total. The van der Waals surface area contributed by atoms with Gasteiger partial charge in [-0.05, 0) is 37.7 Å². The Morgan fingerprint density at radius 2 is 2.07 bits per heavy atom. The van der Waals surface area contributed by atoms with E-state index < -0.39 is 0 Å². The predicted octanol–water partition coefficient (Wildman–Crippen LogP) is 3.83. The molecule has 1 aromatic carbocycles. The van der Waals surface area contributed by atoms with Crippen LogP contribution in [0.2, 0.25) is 0 Å². The molecule has 1 aliphatic rings. The van der Waals surface area contributed by atoms with E-state index in [4.69, 9.17) is 0 Å². The molecule has 0 bridgehead atoms. The lowest BCUT2D eigenvalue weighted by atomic mass is 9.93. The zero-order valence-electron chi connectivity index (χ0n) is 9.13. The number of para-hydroxylation sites is 1. The van der Waals surface area contributed by atoms with Gasteiger partial charge < -0.3 is 4.98 Å². The largest absolute Gasteiger partial charge is 0.358 e. The van der Waals surface area contributed by atoms with Gasteiger partial charge in [0.1, 0.15) is 0 Å². The number of fused-ring (bicyclic) bond motifs is 1. The van der Waals surface area contributed by atoms with E-state index in [-0.39, 0.29) is 0 Å². The fourth-order valence-electron chi connectivity index (χ4n) is 2.56. The van der Waals surface area contributed by atoms with Crippen LogP contribution in [0.25, 0.3) is 10.9 Å². The summed E-state index contributed by atoms with van der Waals surface area (Å²) in [6.45, 7) is 4.56. The van der Waals surface area contributed by atoms with E-state index in [1.807, 2.05) is 0 Å². The monoisotopic (exact) mass is 217 g/mol. The molecule has 0 aliphatic carbocycles. The molecular weight excluding hydrogens is 202 g/mol. The van der Waals surface area contributed by atoms with E-state index in [1.165, 1.54) is 34.3 Å². The number of aromatic amines is 1. The molecule has 0 amide bonds. The Balaban J connectivity index is 2.29. The second-order valence-electron chi connectivity index (χ2n) is 4.50. The third-order valence-electron chi connectivity index (χ3n) is 3.42. The highest BCUT2D eigenvalue weighted by atomic mass is 32.2. The predicted molar refractivity (Wildman–Crippen MR) is 67.5 cm³/mol. The molecule has 2 heterocycles. The van der Waals surface area contributed by atoms with Gasteiger partial charge in [0.05, 0.1) is 0 Å². The van der Waals surface area contributed by atoms with Crippen LogP contribution in [-0.4, -0.2) is 10.7 Å². The molecule has 1 atom stereocenters. The standard InChI is InChI=1S/C13H15NS/c1-9-12(13(2)7-8-15-13)10-5-3-4-6-11(10)14-9/h3-6,14H,7-8H2,1-2H3. The van der Waals surface area contributed by atoms with E-state index in [9.17, 15) is 0 Å². The van der Waals surface area contributed by atoms with E-state index in [0.29, 0.717) is 4.75 Å². The number of thioether (sulfide) groups is 1. The van der Waals surface area contributed by atoms with Crippen LogP contribution in [0.4, 0.5) is 0 Å². The second kappa shape index (κ2) is 3.05. The molecule has 1 aromatic heterocycles. The van der Waals surface area contributed by atoms with Crippen LogP contribution in [0.1, 0.15) is 24.6 Å². The second-order valence-corrected chi connectivity index (χ2v) is 6.10. The van der Waals surface area contributed by atoms with E-state index in [0.717, 1.165) is 0 Å². The number of H-pyrrole nitrogens is 1. The van der Waals surface area contributed by atoms with Gasteiger partial charge >= 0.3 is 0 Å². The van der Waals surface area contributed by atoms with Gasteiger partial charge in [-0.2, -0.15) is 11.8 Å². The Bertz CT molecular complexity index is 508. The maximum Gasteiger partial charge on any atom is 0.0459 e. The molecule has 1 fully saturated rings. The van der Waals surface area contributed by atoms with Crippen molar-refractivity contribution in [3.63, 3.8) is 0 Å². The summed E-state index contributed by atoms with van der Waals surface area (Å²) in [5.74, 6) is 1.30. The zero-order chi connectivity index (χ0) is 10.5. The van der Waals surface area contributed by atoms with Gasteiger partial charge in [0.25, 0.3) is 0 Å². The van der Waals surface area contributed by atoms with E-state index in [1.54, 1.807) is 0 Å². The minimum Gasteiger partial charge on any atom is -0.358 e. The first-order chi connectivity index (χ1) is 7.21. The third kappa shape index (κ3) is 1.24. The molecule has 0 radical (unpaired) electrons. The summed E-state index contributed by atoms with van der Waals surface area (Å²) >= 11 is 2.07. The van der Waals surface area contributed by atoms with Crippen LogP contribution in [0.5, 0.6) is 0 Å². The lowest BCUT2D eigenvalue weighted by Crippen LogP contribution is -2.28. The zero-order valence-corrected chi connectivity index (χ0v) is 9.95. The molecule has 1 nitrogen and oxygen atoms in total. The smallest absolute Gasteiger partial charge is 0.0459 e. The molecule has 0 spiro atoms. The molecule has 78 valence electrons. The number of hydrogen-bond acceptors (Lipinski definition) is 1. The molecular formula is C13H15NS. The maximum absolute atomic E-state index is 3.49. The SMILES string of the molecule is Cc1[nH]c2ccccc2c1C1(C)CCS1. The Labute approximate surface area is 94.3 Å². The van der Waals surface area contributed by atoms with Crippen molar-refractivity contribution in [3.05, 3.63) is 35.5 Å². The van der Waals surface area contributed by atoms with Gasteiger partial charge in [-0.3, -0.25) is 0 Å². The van der Waals surface area contributed by atoms with Gasteiger partial charge in [-0.25, -0.2) is 0 Å². The quantitative estimate of drug-likeness (QED) is 0.767. The molecule has 2 aromatic rings. The van der Waals surface area contributed by atoms with Crippen molar-refractivity contribution >= 4 is 22.7 Å². The molecule has 3 rings (SSSR count).